The molecule has 1 aromatic carbocycles. The molecule has 82 valence electrons. The van der Waals surface area contributed by atoms with Gasteiger partial charge < -0.3 is 10.5 Å². The van der Waals surface area contributed by atoms with Gasteiger partial charge in [0.05, 0.1) is 16.7 Å². The van der Waals surface area contributed by atoms with Crippen LogP contribution in [0.2, 0.25) is 10.0 Å². The van der Waals surface area contributed by atoms with Gasteiger partial charge in [-0.15, -0.1) is 0 Å². The molecule has 2 rings (SSSR count). The number of hydrogen-bond acceptors (Lipinski definition) is 2. The number of nitrogens with two attached hydrogens (primary N) is 1. The topological polar surface area (TPSA) is 35.2 Å². The molecule has 0 aromatic heterocycles. The van der Waals surface area contributed by atoms with E-state index in [1.807, 2.05) is 0 Å². The van der Waals surface area contributed by atoms with E-state index in [1.165, 1.54) is 0 Å². The van der Waals surface area contributed by atoms with E-state index in [4.69, 9.17) is 33.7 Å². The summed E-state index contributed by atoms with van der Waals surface area (Å²) < 4.78 is 6.33. The molecule has 5 heteroatoms. The molecule has 1 atom stereocenters. The van der Waals surface area contributed by atoms with E-state index in [9.17, 15) is 0 Å². The summed E-state index contributed by atoms with van der Waals surface area (Å²) in [5.74, 6) is 0.634. The van der Waals surface area contributed by atoms with Crippen LogP contribution in [0.3, 0.4) is 0 Å². The van der Waals surface area contributed by atoms with Crippen LogP contribution in [0.25, 0.3) is 0 Å². The number of rotatable bonds is 0. The van der Waals surface area contributed by atoms with Gasteiger partial charge in [0.15, 0.2) is 0 Å². The Morgan fingerprint density at radius 1 is 1.47 bits per heavy atom. The maximum Gasteiger partial charge on any atom is 0.144 e. The maximum atomic E-state index is 6.19. The Morgan fingerprint density at radius 3 is 2.93 bits per heavy atom. The molecule has 15 heavy (non-hydrogen) atoms. The highest BCUT2D eigenvalue weighted by Crippen LogP contribution is 2.44. The maximum absolute atomic E-state index is 6.19. The molecular weight excluding hydrogens is 301 g/mol. The van der Waals surface area contributed by atoms with Crippen molar-refractivity contribution in [3.8, 4) is 5.75 Å². The first-order valence-electron chi connectivity index (χ1n) is 4.67. The van der Waals surface area contributed by atoms with Crippen molar-refractivity contribution in [1.82, 2.24) is 0 Å². The second-order valence-corrected chi connectivity index (χ2v) is 5.13. The summed E-state index contributed by atoms with van der Waals surface area (Å²) in [5, 5.41) is 1.16. The lowest BCUT2D eigenvalue weighted by Crippen LogP contribution is -2.10. The molecule has 1 aliphatic rings. The Hall–Kier alpha value is 0.0400. The van der Waals surface area contributed by atoms with Crippen molar-refractivity contribution in [3.63, 3.8) is 0 Å². The molecule has 1 aromatic rings. The van der Waals surface area contributed by atoms with Crippen LogP contribution in [-0.2, 0) is 0 Å². The minimum Gasteiger partial charge on any atom is -0.492 e. The Balaban J connectivity index is 2.63. The van der Waals surface area contributed by atoms with Crippen LogP contribution in [0.15, 0.2) is 10.5 Å². The van der Waals surface area contributed by atoms with E-state index in [0.717, 1.165) is 22.9 Å². The predicted molar refractivity (Wildman–Crippen MR) is 65.8 cm³/mol. The van der Waals surface area contributed by atoms with Crippen molar-refractivity contribution in [3.05, 3.63) is 26.1 Å². The lowest BCUT2D eigenvalue weighted by molar-refractivity contribution is 0.316. The van der Waals surface area contributed by atoms with E-state index in [1.54, 1.807) is 6.07 Å². The lowest BCUT2D eigenvalue weighted by Gasteiger charge is -2.16. The van der Waals surface area contributed by atoms with Gasteiger partial charge in [-0.2, -0.15) is 0 Å². The Labute approximate surface area is 107 Å². The monoisotopic (exact) mass is 309 g/mol. The van der Waals surface area contributed by atoms with Crippen LogP contribution in [0, 0.1) is 0 Å². The van der Waals surface area contributed by atoms with Gasteiger partial charge in [-0.3, -0.25) is 0 Å². The smallest absolute Gasteiger partial charge is 0.144 e. The summed E-state index contributed by atoms with van der Waals surface area (Å²) in [6.45, 7) is 0.637. The largest absolute Gasteiger partial charge is 0.492 e. The molecule has 1 aliphatic heterocycles. The summed E-state index contributed by atoms with van der Waals surface area (Å²) in [6, 6.07) is 1.63. The predicted octanol–water partition coefficient (Wildman–Crippen LogP) is 3.93. The van der Waals surface area contributed by atoms with Gasteiger partial charge >= 0.3 is 0 Å². The molecule has 2 N–H and O–H groups in total. The third kappa shape index (κ3) is 2.11. The fourth-order valence-electron chi connectivity index (χ4n) is 1.70. The first-order chi connectivity index (χ1) is 7.11. The Bertz CT molecular complexity index is 397. The first kappa shape index (κ1) is 11.5. The summed E-state index contributed by atoms with van der Waals surface area (Å²) in [4.78, 5) is 0. The zero-order valence-corrected chi connectivity index (χ0v) is 11.0. The molecular formula is C10H10BrCl2NO. The highest BCUT2D eigenvalue weighted by Gasteiger charge is 2.23. The van der Waals surface area contributed by atoms with Crippen molar-refractivity contribution >= 4 is 39.1 Å². The summed E-state index contributed by atoms with van der Waals surface area (Å²) >= 11 is 15.6. The van der Waals surface area contributed by atoms with E-state index in [0.29, 0.717) is 22.4 Å². The van der Waals surface area contributed by atoms with E-state index in [-0.39, 0.29) is 6.04 Å². The minimum atomic E-state index is -0.106. The van der Waals surface area contributed by atoms with Crippen molar-refractivity contribution in [2.75, 3.05) is 6.61 Å². The van der Waals surface area contributed by atoms with Gasteiger partial charge in [-0.05, 0) is 34.8 Å². The molecule has 0 amide bonds. The number of ether oxygens (including phenoxy) is 1. The zero-order valence-electron chi connectivity index (χ0n) is 7.90. The van der Waals surface area contributed by atoms with Crippen molar-refractivity contribution in [1.29, 1.82) is 0 Å². The molecule has 2 nitrogen and oxygen atoms in total. The van der Waals surface area contributed by atoms with Gasteiger partial charge in [0.2, 0.25) is 0 Å². The fraction of sp³-hybridized carbons (Fsp3) is 0.400. The standard InChI is InChI=1S/C10H10BrCl2NO/c11-5-4-6(12)10-8(9(5)13)7(14)2-1-3-15-10/h4,7H,1-3,14H2/t7-/m0/s1. The second-order valence-electron chi connectivity index (χ2n) is 3.49. The van der Waals surface area contributed by atoms with Crippen LogP contribution >= 0.6 is 39.1 Å². The average Bonchev–Trinajstić information content (AvgIpc) is 2.37. The Morgan fingerprint density at radius 2 is 2.20 bits per heavy atom. The third-order valence-electron chi connectivity index (χ3n) is 2.44. The van der Waals surface area contributed by atoms with E-state index >= 15 is 0 Å². The molecule has 0 unspecified atom stereocenters. The van der Waals surface area contributed by atoms with Crippen LogP contribution in [0.4, 0.5) is 0 Å². The highest BCUT2D eigenvalue weighted by atomic mass is 79.9. The average molecular weight is 311 g/mol. The zero-order chi connectivity index (χ0) is 11.0. The van der Waals surface area contributed by atoms with Crippen molar-refractivity contribution in [2.24, 2.45) is 5.73 Å². The van der Waals surface area contributed by atoms with Gasteiger partial charge in [0.25, 0.3) is 0 Å². The summed E-state index contributed by atoms with van der Waals surface area (Å²) in [6.07, 6.45) is 1.78. The van der Waals surface area contributed by atoms with Crippen LogP contribution < -0.4 is 10.5 Å². The van der Waals surface area contributed by atoms with E-state index in [2.05, 4.69) is 15.9 Å². The van der Waals surface area contributed by atoms with Gasteiger partial charge in [-0.1, -0.05) is 23.2 Å². The number of fused-ring (bicyclic) bond motifs is 1. The lowest BCUT2D eigenvalue weighted by atomic mass is 10.0. The Kier molecular flexibility index (Phi) is 3.45. The molecule has 0 fully saturated rings. The molecule has 0 bridgehead atoms. The van der Waals surface area contributed by atoms with Gasteiger partial charge in [-0.25, -0.2) is 0 Å². The van der Waals surface area contributed by atoms with E-state index < -0.39 is 0 Å². The van der Waals surface area contributed by atoms with Crippen molar-refractivity contribution in [2.45, 2.75) is 18.9 Å². The molecule has 0 saturated heterocycles. The van der Waals surface area contributed by atoms with Crippen molar-refractivity contribution < 1.29 is 4.74 Å². The van der Waals surface area contributed by atoms with Crippen LogP contribution in [0.1, 0.15) is 24.4 Å². The summed E-state index contributed by atoms with van der Waals surface area (Å²) in [5.41, 5.74) is 6.85. The van der Waals surface area contributed by atoms with Crippen LogP contribution in [-0.4, -0.2) is 6.61 Å². The number of halogens is 3. The normalized spacial score (nSPS) is 20.4. The molecule has 1 heterocycles. The SMILES string of the molecule is N[C@H]1CCCOc2c(Cl)cc(Br)c(Cl)c21. The van der Waals surface area contributed by atoms with Crippen LogP contribution in [0.5, 0.6) is 5.75 Å². The number of hydrogen-bond donors (Lipinski definition) is 1. The first-order valence-corrected chi connectivity index (χ1v) is 6.22. The molecule has 0 spiro atoms. The minimum absolute atomic E-state index is 0.106. The summed E-state index contributed by atoms with van der Waals surface area (Å²) in [7, 11) is 0. The molecule has 0 aliphatic carbocycles. The second kappa shape index (κ2) is 4.50. The molecule has 0 radical (unpaired) electrons. The third-order valence-corrected chi connectivity index (χ3v) is 3.98. The quantitative estimate of drug-likeness (QED) is 0.737. The molecule has 0 saturated carbocycles. The fourth-order valence-corrected chi connectivity index (χ4v) is 2.82. The number of benzene rings is 1. The van der Waals surface area contributed by atoms with Gasteiger partial charge in [0.1, 0.15) is 5.75 Å². The highest BCUT2D eigenvalue weighted by molar-refractivity contribution is 9.10. The van der Waals surface area contributed by atoms with Gasteiger partial charge in [0, 0.05) is 16.1 Å².